The number of ether oxygens (including phenoxy) is 2. The summed E-state index contributed by atoms with van der Waals surface area (Å²) in [7, 11) is 1.63. The highest BCUT2D eigenvalue weighted by molar-refractivity contribution is 9.09. The van der Waals surface area contributed by atoms with Crippen LogP contribution in [0.25, 0.3) is 0 Å². The van der Waals surface area contributed by atoms with Gasteiger partial charge in [0.2, 0.25) is 0 Å². The second-order valence-corrected chi connectivity index (χ2v) is 4.09. The predicted molar refractivity (Wildman–Crippen MR) is 65.9 cm³/mol. The van der Waals surface area contributed by atoms with Gasteiger partial charge in [0.15, 0.2) is 0 Å². The number of benzene rings is 1. The van der Waals surface area contributed by atoms with E-state index in [2.05, 4.69) is 15.9 Å². The van der Waals surface area contributed by atoms with E-state index in [1.807, 2.05) is 18.2 Å². The molecule has 0 fully saturated rings. The molecule has 0 radical (unpaired) electrons. The first kappa shape index (κ1) is 13.2. The van der Waals surface area contributed by atoms with Crippen LogP contribution in [0.3, 0.4) is 0 Å². The van der Waals surface area contributed by atoms with Crippen molar-refractivity contribution >= 4 is 21.9 Å². The lowest BCUT2D eigenvalue weighted by Crippen LogP contribution is -2.19. The van der Waals surface area contributed by atoms with E-state index in [0.29, 0.717) is 18.8 Å². The third-order valence-corrected chi connectivity index (χ3v) is 3.00. The average Bonchev–Trinajstić information content (AvgIpc) is 2.35. The molecule has 1 unspecified atom stereocenters. The van der Waals surface area contributed by atoms with Crippen LogP contribution in [0.15, 0.2) is 30.3 Å². The SMILES string of the molecule is COCC(CBr)COC(=O)c1ccccc1. The Kier molecular flexibility index (Phi) is 6.11. The molecular weight excluding hydrogens is 272 g/mol. The fourth-order valence-electron chi connectivity index (χ4n) is 1.22. The van der Waals surface area contributed by atoms with Gasteiger partial charge in [0.25, 0.3) is 0 Å². The van der Waals surface area contributed by atoms with Gasteiger partial charge in [0.05, 0.1) is 18.8 Å². The smallest absolute Gasteiger partial charge is 0.338 e. The Morgan fingerprint density at radius 3 is 2.56 bits per heavy atom. The number of esters is 1. The third kappa shape index (κ3) is 4.33. The molecule has 0 N–H and O–H groups in total. The van der Waals surface area contributed by atoms with Crippen molar-refractivity contribution in [2.45, 2.75) is 0 Å². The second kappa shape index (κ2) is 7.41. The molecule has 0 spiro atoms. The van der Waals surface area contributed by atoms with E-state index in [1.54, 1.807) is 19.2 Å². The zero-order valence-corrected chi connectivity index (χ0v) is 10.8. The number of methoxy groups -OCH3 is 1. The Labute approximate surface area is 104 Å². The van der Waals surface area contributed by atoms with Gasteiger partial charge in [-0.1, -0.05) is 34.1 Å². The Bertz CT molecular complexity index is 313. The highest BCUT2D eigenvalue weighted by Gasteiger charge is 2.11. The minimum absolute atomic E-state index is 0.192. The van der Waals surface area contributed by atoms with Gasteiger partial charge in [-0.25, -0.2) is 4.79 Å². The van der Waals surface area contributed by atoms with Crippen LogP contribution in [0.5, 0.6) is 0 Å². The number of alkyl halides is 1. The molecule has 88 valence electrons. The van der Waals surface area contributed by atoms with Gasteiger partial charge in [0.1, 0.15) is 0 Å². The van der Waals surface area contributed by atoms with Gasteiger partial charge in [0, 0.05) is 18.4 Å². The van der Waals surface area contributed by atoms with Crippen LogP contribution in [-0.2, 0) is 9.47 Å². The maximum atomic E-state index is 11.6. The molecule has 0 heterocycles. The number of rotatable bonds is 6. The summed E-state index contributed by atoms with van der Waals surface area (Å²) in [6.07, 6.45) is 0. The molecule has 1 aromatic carbocycles. The summed E-state index contributed by atoms with van der Waals surface area (Å²) in [6.45, 7) is 0.945. The van der Waals surface area contributed by atoms with E-state index in [9.17, 15) is 4.79 Å². The molecule has 0 saturated heterocycles. The molecule has 0 aromatic heterocycles. The van der Waals surface area contributed by atoms with Crippen molar-refractivity contribution < 1.29 is 14.3 Å². The summed E-state index contributed by atoms with van der Waals surface area (Å²) in [5.41, 5.74) is 0.577. The van der Waals surface area contributed by atoms with Gasteiger partial charge < -0.3 is 9.47 Å². The van der Waals surface area contributed by atoms with Gasteiger partial charge in [-0.2, -0.15) is 0 Å². The largest absolute Gasteiger partial charge is 0.462 e. The Balaban J connectivity index is 2.40. The molecule has 16 heavy (non-hydrogen) atoms. The van der Waals surface area contributed by atoms with E-state index >= 15 is 0 Å². The van der Waals surface area contributed by atoms with Crippen LogP contribution in [0, 0.1) is 5.92 Å². The van der Waals surface area contributed by atoms with Crippen LogP contribution < -0.4 is 0 Å². The van der Waals surface area contributed by atoms with Crippen molar-refractivity contribution in [2.75, 3.05) is 25.7 Å². The lowest BCUT2D eigenvalue weighted by Gasteiger charge is -2.13. The maximum Gasteiger partial charge on any atom is 0.338 e. The summed E-state index contributed by atoms with van der Waals surface area (Å²) >= 11 is 3.35. The van der Waals surface area contributed by atoms with Crippen molar-refractivity contribution in [2.24, 2.45) is 5.92 Å². The molecule has 0 bridgehead atoms. The quantitative estimate of drug-likeness (QED) is 0.595. The molecule has 0 saturated carbocycles. The van der Waals surface area contributed by atoms with Crippen molar-refractivity contribution in [1.29, 1.82) is 0 Å². The fourth-order valence-corrected chi connectivity index (χ4v) is 1.60. The normalized spacial score (nSPS) is 12.1. The molecular formula is C12H15BrO3. The first-order valence-electron chi connectivity index (χ1n) is 5.05. The van der Waals surface area contributed by atoms with Crippen LogP contribution in [0.1, 0.15) is 10.4 Å². The minimum atomic E-state index is -0.289. The van der Waals surface area contributed by atoms with Gasteiger partial charge in [-0.05, 0) is 12.1 Å². The summed E-state index contributed by atoms with van der Waals surface area (Å²) in [5.74, 6) is -0.0969. The number of carbonyl (C=O) groups excluding carboxylic acids is 1. The third-order valence-electron chi connectivity index (χ3n) is 2.08. The van der Waals surface area contributed by atoms with Gasteiger partial charge in [-0.3, -0.25) is 0 Å². The van der Waals surface area contributed by atoms with Crippen molar-refractivity contribution in [3.63, 3.8) is 0 Å². The number of carbonyl (C=O) groups is 1. The van der Waals surface area contributed by atoms with Crippen LogP contribution in [0.2, 0.25) is 0 Å². The lowest BCUT2D eigenvalue weighted by atomic mass is 10.2. The molecule has 0 aliphatic heterocycles. The number of hydrogen-bond acceptors (Lipinski definition) is 3. The van der Waals surface area contributed by atoms with E-state index in [-0.39, 0.29) is 11.9 Å². The zero-order chi connectivity index (χ0) is 11.8. The summed E-state index contributed by atoms with van der Waals surface area (Å²) in [4.78, 5) is 11.6. The Morgan fingerprint density at radius 2 is 2.00 bits per heavy atom. The summed E-state index contributed by atoms with van der Waals surface area (Å²) < 4.78 is 10.2. The lowest BCUT2D eigenvalue weighted by molar-refractivity contribution is 0.0379. The van der Waals surface area contributed by atoms with E-state index in [0.717, 1.165) is 5.33 Å². The highest BCUT2D eigenvalue weighted by atomic mass is 79.9. The second-order valence-electron chi connectivity index (χ2n) is 3.44. The fraction of sp³-hybridized carbons (Fsp3) is 0.417. The molecule has 0 aliphatic rings. The zero-order valence-electron chi connectivity index (χ0n) is 9.19. The summed E-state index contributed by atoms with van der Waals surface area (Å²) in [5, 5.41) is 0.753. The molecule has 4 heteroatoms. The topological polar surface area (TPSA) is 35.5 Å². The van der Waals surface area contributed by atoms with Crippen LogP contribution >= 0.6 is 15.9 Å². The van der Waals surface area contributed by atoms with Gasteiger partial charge in [-0.15, -0.1) is 0 Å². The van der Waals surface area contributed by atoms with Gasteiger partial charge >= 0.3 is 5.97 Å². The van der Waals surface area contributed by atoms with Crippen LogP contribution in [-0.4, -0.2) is 31.6 Å². The van der Waals surface area contributed by atoms with Crippen molar-refractivity contribution in [3.05, 3.63) is 35.9 Å². The first-order valence-corrected chi connectivity index (χ1v) is 6.17. The standard InChI is InChI=1S/C12H15BrO3/c1-15-8-10(7-13)9-16-12(14)11-5-3-2-4-6-11/h2-6,10H,7-9H2,1H3. The summed E-state index contributed by atoms with van der Waals surface area (Å²) in [6, 6.07) is 8.97. The average molecular weight is 287 g/mol. The molecule has 1 rings (SSSR count). The number of halogens is 1. The van der Waals surface area contributed by atoms with Crippen molar-refractivity contribution in [3.8, 4) is 0 Å². The predicted octanol–water partition coefficient (Wildman–Crippen LogP) is 2.50. The molecule has 1 atom stereocenters. The molecule has 3 nitrogen and oxygen atoms in total. The van der Waals surface area contributed by atoms with E-state index < -0.39 is 0 Å². The van der Waals surface area contributed by atoms with E-state index in [4.69, 9.17) is 9.47 Å². The Morgan fingerprint density at radius 1 is 1.31 bits per heavy atom. The molecule has 0 aliphatic carbocycles. The highest BCUT2D eigenvalue weighted by Crippen LogP contribution is 2.06. The Hall–Kier alpha value is -0.870. The molecule has 1 aromatic rings. The van der Waals surface area contributed by atoms with Crippen molar-refractivity contribution in [1.82, 2.24) is 0 Å². The van der Waals surface area contributed by atoms with Crippen LogP contribution in [0.4, 0.5) is 0 Å². The first-order chi connectivity index (χ1) is 7.77. The monoisotopic (exact) mass is 286 g/mol. The van der Waals surface area contributed by atoms with E-state index in [1.165, 1.54) is 0 Å². The maximum absolute atomic E-state index is 11.6. The molecule has 0 amide bonds. The minimum Gasteiger partial charge on any atom is -0.462 e. The number of hydrogen-bond donors (Lipinski definition) is 0.